The molecule has 0 aliphatic carbocycles. The van der Waals surface area contributed by atoms with Crippen LogP contribution in [-0.2, 0) is 12.0 Å². The predicted octanol–water partition coefficient (Wildman–Crippen LogP) is 3.05. The molecular weight excluding hydrogens is 253 g/mol. The van der Waals surface area contributed by atoms with E-state index in [0.717, 1.165) is 30.2 Å². The molecule has 1 heterocycles. The zero-order valence-electron chi connectivity index (χ0n) is 12.2. The molecule has 2 rings (SSSR count). The summed E-state index contributed by atoms with van der Waals surface area (Å²) < 4.78 is 13.0. The summed E-state index contributed by atoms with van der Waals surface area (Å²) >= 11 is 0. The summed E-state index contributed by atoms with van der Waals surface area (Å²) in [6, 6.07) is 8.43. The Labute approximate surface area is 119 Å². The van der Waals surface area contributed by atoms with Crippen molar-refractivity contribution in [3.63, 3.8) is 0 Å². The maximum absolute atomic E-state index is 13.0. The van der Waals surface area contributed by atoms with Gasteiger partial charge in [0.15, 0.2) is 0 Å². The Bertz CT molecular complexity index is 564. The van der Waals surface area contributed by atoms with Gasteiger partial charge >= 0.3 is 0 Å². The lowest BCUT2D eigenvalue weighted by atomic mass is 9.83. The van der Waals surface area contributed by atoms with Crippen LogP contribution < -0.4 is 5.32 Å². The van der Waals surface area contributed by atoms with Crippen molar-refractivity contribution in [1.29, 1.82) is 0 Å². The van der Waals surface area contributed by atoms with Gasteiger partial charge in [-0.1, -0.05) is 19.1 Å². The van der Waals surface area contributed by atoms with Gasteiger partial charge in [0.05, 0.1) is 5.69 Å². The topological polar surface area (TPSA) is 37.8 Å². The van der Waals surface area contributed by atoms with Gasteiger partial charge in [-0.2, -0.15) is 0 Å². The maximum atomic E-state index is 13.0. The molecule has 1 aromatic carbocycles. The van der Waals surface area contributed by atoms with E-state index in [4.69, 9.17) is 0 Å². The monoisotopic (exact) mass is 273 g/mol. The quantitative estimate of drug-likeness (QED) is 0.910. The first-order chi connectivity index (χ1) is 9.54. The Balaban J connectivity index is 2.30. The largest absolute Gasteiger partial charge is 0.311 e. The van der Waals surface area contributed by atoms with Gasteiger partial charge in [-0.25, -0.2) is 14.4 Å². The molecule has 1 aromatic heterocycles. The molecule has 0 saturated carbocycles. The number of rotatable bonds is 5. The van der Waals surface area contributed by atoms with E-state index in [9.17, 15) is 4.39 Å². The lowest BCUT2D eigenvalue weighted by molar-refractivity contribution is 0.574. The standard InChI is InChI=1S/C16H20FN3/c1-4-18-11-14-9-10-19-15(20-14)16(2,3)12-5-7-13(17)8-6-12/h5-10,18H,4,11H2,1-3H3. The summed E-state index contributed by atoms with van der Waals surface area (Å²) in [6.45, 7) is 7.79. The molecule has 0 aliphatic heterocycles. The number of aromatic nitrogens is 2. The molecule has 0 radical (unpaired) electrons. The summed E-state index contributed by atoms with van der Waals surface area (Å²) in [5, 5.41) is 3.25. The number of nitrogens with one attached hydrogen (secondary N) is 1. The highest BCUT2D eigenvalue weighted by molar-refractivity contribution is 5.31. The van der Waals surface area contributed by atoms with Gasteiger partial charge in [-0.05, 0) is 44.2 Å². The van der Waals surface area contributed by atoms with E-state index in [1.54, 1.807) is 18.3 Å². The molecule has 2 aromatic rings. The summed E-state index contributed by atoms with van der Waals surface area (Å²) in [7, 11) is 0. The summed E-state index contributed by atoms with van der Waals surface area (Å²) in [5.41, 5.74) is 1.61. The van der Waals surface area contributed by atoms with Crippen molar-refractivity contribution in [2.45, 2.75) is 32.7 Å². The minimum absolute atomic E-state index is 0.230. The average molecular weight is 273 g/mol. The Morgan fingerprint density at radius 3 is 2.50 bits per heavy atom. The third-order valence-electron chi connectivity index (χ3n) is 3.39. The fourth-order valence-electron chi connectivity index (χ4n) is 2.04. The number of hydrogen-bond acceptors (Lipinski definition) is 3. The van der Waals surface area contributed by atoms with Crippen LogP contribution in [0.2, 0.25) is 0 Å². The van der Waals surface area contributed by atoms with E-state index in [2.05, 4.69) is 22.2 Å². The van der Waals surface area contributed by atoms with E-state index in [1.807, 2.05) is 19.9 Å². The van der Waals surface area contributed by atoms with Gasteiger partial charge in [0.2, 0.25) is 0 Å². The van der Waals surface area contributed by atoms with Crippen LogP contribution in [-0.4, -0.2) is 16.5 Å². The molecule has 0 bridgehead atoms. The van der Waals surface area contributed by atoms with Gasteiger partial charge < -0.3 is 5.32 Å². The van der Waals surface area contributed by atoms with E-state index in [0.29, 0.717) is 0 Å². The van der Waals surface area contributed by atoms with Gasteiger partial charge in [0.1, 0.15) is 11.6 Å². The van der Waals surface area contributed by atoms with E-state index in [-0.39, 0.29) is 11.2 Å². The molecule has 106 valence electrons. The van der Waals surface area contributed by atoms with Gasteiger partial charge in [0.25, 0.3) is 0 Å². The summed E-state index contributed by atoms with van der Waals surface area (Å²) in [4.78, 5) is 9.00. The fraction of sp³-hybridized carbons (Fsp3) is 0.375. The zero-order valence-corrected chi connectivity index (χ0v) is 12.2. The van der Waals surface area contributed by atoms with Crippen molar-refractivity contribution >= 4 is 0 Å². The number of hydrogen-bond donors (Lipinski definition) is 1. The summed E-state index contributed by atoms with van der Waals surface area (Å²) in [5.74, 6) is 0.519. The molecule has 0 spiro atoms. The minimum Gasteiger partial charge on any atom is -0.311 e. The van der Waals surface area contributed by atoms with Crippen molar-refractivity contribution in [1.82, 2.24) is 15.3 Å². The first-order valence-corrected chi connectivity index (χ1v) is 6.83. The number of nitrogens with zero attached hydrogens (tertiary/aromatic N) is 2. The molecule has 3 nitrogen and oxygen atoms in total. The normalized spacial score (nSPS) is 11.6. The molecule has 1 N–H and O–H groups in total. The van der Waals surface area contributed by atoms with Crippen LogP contribution in [0.1, 0.15) is 37.9 Å². The minimum atomic E-state index is -0.351. The highest BCUT2D eigenvalue weighted by Crippen LogP contribution is 2.28. The Morgan fingerprint density at radius 1 is 1.15 bits per heavy atom. The van der Waals surface area contributed by atoms with Crippen LogP contribution in [0.3, 0.4) is 0 Å². The molecular formula is C16H20FN3. The lowest BCUT2D eigenvalue weighted by Gasteiger charge is -2.24. The fourth-order valence-corrected chi connectivity index (χ4v) is 2.04. The summed E-state index contributed by atoms with van der Waals surface area (Å²) in [6.07, 6.45) is 1.78. The first kappa shape index (κ1) is 14.6. The van der Waals surface area contributed by atoms with Crippen molar-refractivity contribution in [2.24, 2.45) is 0 Å². The zero-order chi connectivity index (χ0) is 14.6. The molecule has 0 fully saturated rings. The smallest absolute Gasteiger partial charge is 0.138 e. The highest BCUT2D eigenvalue weighted by atomic mass is 19.1. The number of halogens is 1. The third kappa shape index (κ3) is 3.20. The van der Waals surface area contributed by atoms with Crippen molar-refractivity contribution in [3.8, 4) is 0 Å². The van der Waals surface area contributed by atoms with Gasteiger partial charge in [0, 0.05) is 18.2 Å². The molecule has 0 aliphatic rings. The van der Waals surface area contributed by atoms with Crippen LogP contribution in [0.25, 0.3) is 0 Å². The second-order valence-corrected chi connectivity index (χ2v) is 5.28. The van der Waals surface area contributed by atoms with Crippen molar-refractivity contribution in [3.05, 3.63) is 59.4 Å². The van der Waals surface area contributed by atoms with E-state index < -0.39 is 0 Å². The Kier molecular flexibility index (Phi) is 4.45. The van der Waals surface area contributed by atoms with Crippen molar-refractivity contribution in [2.75, 3.05) is 6.54 Å². The maximum Gasteiger partial charge on any atom is 0.138 e. The first-order valence-electron chi connectivity index (χ1n) is 6.83. The molecule has 0 saturated heterocycles. The third-order valence-corrected chi connectivity index (χ3v) is 3.39. The van der Waals surface area contributed by atoms with E-state index in [1.165, 1.54) is 12.1 Å². The van der Waals surface area contributed by atoms with Crippen LogP contribution in [0.5, 0.6) is 0 Å². The molecule has 0 amide bonds. The van der Waals surface area contributed by atoms with Crippen molar-refractivity contribution < 1.29 is 4.39 Å². The molecule has 0 unspecified atom stereocenters. The SMILES string of the molecule is CCNCc1ccnc(C(C)(C)c2ccc(F)cc2)n1. The second kappa shape index (κ2) is 6.09. The highest BCUT2D eigenvalue weighted by Gasteiger charge is 2.26. The molecule has 4 heteroatoms. The Hall–Kier alpha value is -1.81. The predicted molar refractivity (Wildman–Crippen MR) is 77.9 cm³/mol. The second-order valence-electron chi connectivity index (χ2n) is 5.28. The molecule has 20 heavy (non-hydrogen) atoms. The van der Waals surface area contributed by atoms with Gasteiger partial charge in [-0.15, -0.1) is 0 Å². The average Bonchev–Trinajstić information content (AvgIpc) is 2.46. The van der Waals surface area contributed by atoms with Crippen LogP contribution in [0.4, 0.5) is 4.39 Å². The Morgan fingerprint density at radius 2 is 1.85 bits per heavy atom. The molecule has 0 atom stereocenters. The number of benzene rings is 1. The van der Waals surface area contributed by atoms with Crippen LogP contribution >= 0.6 is 0 Å². The van der Waals surface area contributed by atoms with Crippen LogP contribution in [0, 0.1) is 5.82 Å². The van der Waals surface area contributed by atoms with Crippen LogP contribution in [0.15, 0.2) is 36.5 Å². The van der Waals surface area contributed by atoms with Gasteiger partial charge in [-0.3, -0.25) is 0 Å². The van der Waals surface area contributed by atoms with E-state index >= 15 is 0 Å². The lowest BCUT2D eigenvalue weighted by Crippen LogP contribution is -2.24.